The third-order valence-corrected chi connectivity index (χ3v) is 17.2. The molecule has 1 aromatic rings. The van der Waals surface area contributed by atoms with E-state index in [1.165, 1.54) is 89.0 Å². The van der Waals surface area contributed by atoms with Gasteiger partial charge in [-0.15, -0.1) is 0 Å². The fourth-order valence-corrected chi connectivity index (χ4v) is 11.4. The number of rotatable bonds is 18. The van der Waals surface area contributed by atoms with E-state index in [1.807, 2.05) is 55.4 Å². The van der Waals surface area contributed by atoms with Gasteiger partial charge in [0.1, 0.15) is 72.8 Å². The summed E-state index contributed by atoms with van der Waals surface area (Å²) in [5.41, 5.74) is 0. The van der Waals surface area contributed by atoms with Crippen molar-refractivity contribution in [3.63, 3.8) is 0 Å². The molecule has 25 nitrogen and oxygen atoms in total. The molecule has 0 radical (unpaired) electrons. The molecule has 25 heteroatoms. The van der Waals surface area contributed by atoms with Gasteiger partial charge in [-0.25, -0.2) is 0 Å². The lowest BCUT2D eigenvalue weighted by Gasteiger charge is -2.41. The van der Waals surface area contributed by atoms with Gasteiger partial charge in [0.15, 0.2) is 0 Å². The maximum atomic E-state index is 15.3. The first-order chi connectivity index (χ1) is 42.7. The summed E-state index contributed by atoms with van der Waals surface area (Å²) in [4.78, 5) is 172. The summed E-state index contributed by atoms with van der Waals surface area (Å²) in [6.45, 7) is 29.3. The number of furan rings is 1. The Kier molecular flexibility index (Phi) is 32.8. The van der Waals surface area contributed by atoms with E-state index in [9.17, 15) is 29.1 Å². The summed E-state index contributed by atoms with van der Waals surface area (Å²) in [6.07, 6.45) is 2.31. The van der Waals surface area contributed by atoms with Crippen LogP contribution in [-0.2, 0) is 64.1 Å². The molecule has 2 rings (SSSR count). The monoisotopic (exact) mass is 1300 g/mol. The number of likely N-dealkylation sites (N-methyl/N-ethyl adjacent to an activating group) is 7. The van der Waals surface area contributed by atoms with Gasteiger partial charge in [-0.1, -0.05) is 109 Å². The van der Waals surface area contributed by atoms with E-state index in [2.05, 4.69) is 21.3 Å². The average molecular weight is 1300 g/mol. The number of hydrogen-bond donors (Lipinski definition) is 5. The van der Waals surface area contributed by atoms with E-state index in [0.29, 0.717) is 0 Å². The SMILES string of the molecule is C/C=C/C[C@@H](C)[C@@H](O)[C@H]1C(=O)N[C@@H](CC)C(=O)N(C)[C@H](OCc2ccco2)C(=O)N(C)[C@@H](CC(C)C)C(=O)N[C@@H](C(C)C)C(=O)N(C)[C@@H](CC(C)C)C(=O)N[C@@H](C)C(=O)N[C@H](C)C(=O)N(C)[C@@H](CC(C)C)C(=O)N(C)[C@@H](CC(C)C)C(=O)N(C)[C@@H](C(C)C)C(=O)N1C. The van der Waals surface area contributed by atoms with Crippen LogP contribution in [0.15, 0.2) is 35.0 Å². The quantitative estimate of drug-likeness (QED) is 0.127. The normalized spacial score (nSPS) is 26.6. The number of nitrogens with zero attached hydrogens (tertiary/aromatic N) is 7. The van der Waals surface area contributed by atoms with Crippen LogP contribution in [0.3, 0.4) is 0 Å². The molecule has 13 atom stereocenters. The van der Waals surface area contributed by atoms with Crippen LogP contribution in [0.1, 0.15) is 162 Å². The number of allylic oxidation sites excluding steroid dienone is 2. The summed E-state index contributed by atoms with van der Waals surface area (Å²) in [7, 11) is 9.74. The minimum Gasteiger partial charge on any atom is -0.467 e. The summed E-state index contributed by atoms with van der Waals surface area (Å²) in [5, 5.41) is 23.3. The van der Waals surface area contributed by atoms with Crippen LogP contribution < -0.4 is 21.3 Å². The molecule has 1 aliphatic heterocycles. The van der Waals surface area contributed by atoms with Gasteiger partial charge in [0.25, 0.3) is 5.91 Å². The Balaban J connectivity index is 3.10. The molecule has 0 bridgehead atoms. The topological polar surface area (TPSA) is 301 Å². The van der Waals surface area contributed by atoms with E-state index >= 15 is 28.8 Å². The molecule has 1 saturated heterocycles. The zero-order valence-corrected chi connectivity index (χ0v) is 59.7. The molecule has 0 aliphatic carbocycles. The van der Waals surface area contributed by atoms with Crippen LogP contribution in [0.4, 0.5) is 0 Å². The smallest absolute Gasteiger partial charge is 0.273 e. The zero-order valence-electron chi connectivity index (χ0n) is 59.7. The fraction of sp³-hybridized carbons (Fsp3) is 0.746. The lowest BCUT2D eigenvalue weighted by atomic mass is 9.91. The first kappa shape index (κ1) is 81.2. The Bertz CT molecular complexity index is 2660. The third kappa shape index (κ3) is 22.1. The highest BCUT2D eigenvalue weighted by molar-refractivity contribution is 6.00. The molecule has 0 spiro atoms. The molecule has 1 aromatic heterocycles. The number of aliphatic hydroxyl groups is 1. The number of carbonyl (C=O) groups is 11. The predicted molar refractivity (Wildman–Crippen MR) is 351 cm³/mol. The van der Waals surface area contributed by atoms with Crippen molar-refractivity contribution in [2.45, 2.75) is 236 Å². The maximum absolute atomic E-state index is 15.3. The van der Waals surface area contributed by atoms with E-state index < -0.39 is 155 Å². The number of ether oxygens (including phenoxy) is 1. The number of nitrogens with one attached hydrogen (secondary N) is 4. The zero-order chi connectivity index (χ0) is 70.7. The molecule has 92 heavy (non-hydrogen) atoms. The minimum atomic E-state index is -1.77. The fourth-order valence-electron chi connectivity index (χ4n) is 11.4. The van der Waals surface area contributed by atoms with Crippen LogP contribution >= 0.6 is 0 Å². The van der Waals surface area contributed by atoms with Crippen LogP contribution in [0.25, 0.3) is 0 Å². The third-order valence-electron chi connectivity index (χ3n) is 17.2. The molecule has 11 amide bonds. The standard InChI is InChI=1S/C67H115N11O14/c1-25-27-29-43(15)55(79)54-59(83)70-47(26-2)61(85)78(24)67(92-36-46-30-28-31-91-46)66(90)73(19)49(33-38(5)6)58(82)71-52(41(11)12)64(88)72(18)48(32-37(3)4)57(81)68-44(16)56(80)69-45(17)60(84)74(20)50(34-39(7)8)62(86)75(21)51(35-40(9)10)63(87)76(22)53(42(13)14)65(89)77(54)23/h25,27-28,30-31,37-45,47-55,67,79H,26,29,32-36H2,1-24H3,(H,68,81)(H,69,80)(H,70,83)(H,71,82)/b27-25+/t43-,44+,45-,47+,48+,49+,50+,51+,52+,53+,54+,55-,67-/m1/s1. The van der Waals surface area contributed by atoms with Gasteiger partial charge in [0, 0.05) is 49.3 Å². The van der Waals surface area contributed by atoms with Crippen molar-refractivity contribution in [1.29, 1.82) is 0 Å². The second-order valence-electron chi connectivity index (χ2n) is 27.5. The summed E-state index contributed by atoms with van der Waals surface area (Å²) in [6, 6.07) is -9.73. The van der Waals surface area contributed by atoms with Crippen LogP contribution in [0.5, 0.6) is 0 Å². The van der Waals surface area contributed by atoms with Crippen LogP contribution in [0.2, 0.25) is 0 Å². The van der Waals surface area contributed by atoms with Gasteiger partial charge in [0.05, 0.1) is 12.4 Å². The molecule has 0 saturated carbocycles. The van der Waals surface area contributed by atoms with Gasteiger partial charge in [-0.3, -0.25) is 52.7 Å². The van der Waals surface area contributed by atoms with Crippen molar-refractivity contribution in [3.05, 3.63) is 36.3 Å². The van der Waals surface area contributed by atoms with Crippen LogP contribution in [-0.4, -0.2) is 226 Å². The number of aliphatic hydroxyl groups excluding tert-OH is 1. The molecule has 0 unspecified atom stereocenters. The molecule has 522 valence electrons. The number of carbonyl (C=O) groups excluding carboxylic acids is 11. The van der Waals surface area contributed by atoms with E-state index in [0.717, 1.165) is 14.7 Å². The molecule has 2 heterocycles. The Morgan fingerprint density at radius 2 is 0.946 bits per heavy atom. The van der Waals surface area contributed by atoms with Gasteiger partial charge < -0.3 is 69.8 Å². The van der Waals surface area contributed by atoms with E-state index in [1.54, 1.807) is 72.8 Å². The number of amides is 11. The molecule has 0 aromatic carbocycles. The highest BCUT2D eigenvalue weighted by atomic mass is 16.5. The number of hydrogen-bond acceptors (Lipinski definition) is 14. The highest BCUT2D eigenvalue weighted by Gasteiger charge is 2.46. The Morgan fingerprint density at radius 1 is 0.500 bits per heavy atom. The van der Waals surface area contributed by atoms with Crippen molar-refractivity contribution >= 4 is 65.0 Å². The second-order valence-corrected chi connectivity index (χ2v) is 27.5. The van der Waals surface area contributed by atoms with Gasteiger partial charge >= 0.3 is 0 Å². The molecule has 5 N–H and O–H groups in total. The summed E-state index contributed by atoms with van der Waals surface area (Å²) >= 11 is 0. The van der Waals surface area contributed by atoms with Crippen molar-refractivity contribution in [3.8, 4) is 0 Å². The average Bonchev–Trinajstić information content (AvgIpc) is 1.03. The summed E-state index contributed by atoms with van der Waals surface area (Å²) < 4.78 is 11.8. The lowest BCUT2D eigenvalue weighted by molar-refractivity contribution is -0.170. The first-order valence-electron chi connectivity index (χ1n) is 32.7. The Hall–Kier alpha value is -6.89. The molecular weight excluding hydrogens is 1180 g/mol. The van der Waals surface area contributed by atoms with Crippen molar-refractivity contribution in [2.24, 2.45) is 41.4 Å². The Morgan fingerprint density at radius 3 is 1.40 bits per heavy atom. The van der Waals surface area contributed by atoms with Gasteiger partial charge in [-0.2, -0.15) is 0 Å². The molecule has 1 fully saturated rings. The minimum absolute atomic E-state index is 0.0637. The highest BCUT2D eigenvalue weighted by Crippen LogP contribution is 2.26. The lowest BCUT2D eigenvalue weighted by Crippen LogP contribution is -2.64. The molecule has 1 aliphatic rings. The second kappa shape index (κ2) is 37.1. The molecular formula is C67H115N11O14. The van der Waals surface area contributed by atoms with Gasteiger partial charge in [0.2, 0.25) is 65.3 Å². The predicted octanol–water partition coefficient (Wildman–Crippen LogP) is 4.40. The van der Waals surface area contributed by atoms with Crippen molar-refractivity contribution < 1.29 is 67.0 Å². The Labute approximate surface area is 548 Å². The summed E-state index contributed by atoms with van der Waals surface area (Å²) in [5.74, 6) is -10.4. The van der Waals surface area contributed by atoms with Crippen molar-refractivity contribution in [1.82, 2.24) is 55.6 Å². The van der Waals surface area contributed by atoms with E-state index in [-0.39, 0.29) is 74.6 Å². The first-order valence-corrected chi connectivity index (χ1v) is 32.7. The van der Waals surface area contributed by atoms with Gasteiger partial charge in [-0.05, 0) is 113 Å². The van der Waals surface area contributed by atoms with Crippen LogP contribution in [0, 0.1) is 41.4 Å². The maximum Gasteiger partial charge on any atom is 0.273 e. The van der Waals surface area contributed by atoms with Crippen molar-refractivity contribution in [2.75, 3.05) is 49.3 Å². The largest absolute Gasteiger partial charge is 0.467 e. The van der Waals surface area contributed by atoms with E-state index in [4.69, 9.17) is 9.15 Å².